The number of hydrogen-bond donors (Lipinski definition) is 3. The van der Waals surface area contributed by atoms with Crippen molar-refractivity contribution >= 4 is 33.6 Å². The van der Waals surface area contributed by atoms with Gasteiger partial charge in [0.05, 0.1) is 11.1 Å². The lowest BCUT2D eigenvalue weighted by molar-refractivity contribution is 0.0846. The molecule has 4 N–H and O–H groups in total. The van der Waals surface area contributed by atoms with Gasteiger partial charge in [0, 0.05) is 23.1 Å². The Balaban J connectivity index is 2.02. The van der Waals surface area contributed by atoms with Crippen LogP contribution >= 0.6 is 15.9 Å². The zero-order valence-electron chi connectivity index (χ0n) is 10.1. The number of carbonyl (C=O) groups excluding carboxylic acids is 2. The second kappa shape index (κ2) is 6.11. The molecule has 0 atom stereocenters. The van der Waals surface area contributed by atoms with E-state index in [2.05, 4.69) is 36.7 Å². The van der Waals surface area contributed by atoms with Crippen LogP contribution in [0.3, 0.4) is 0 Å². The van der Waals surface area contributed by atoms with Crippen LogP contribution in [0.25, 0.3) is 0 Å². The molecule has 0 aliphatic carbocycles. The molecular formula is C12H10BrN5O2. The molecule has 0 radical (unpaired) electrons. The van der Waals surface area contributed by atoms with Crippen molar-refractivity contribution in [3.05, 3.63) is 52.4 Å². The number of nitrogens with one attached hydrogen (secondary N) is 2. The van der Waals surface area contributed by atoms with Crippen LogP contribution in [0.4, 0.5) is 5.82 Å². The van der Waals surface area contributed by atoms with Gasteiger partial charge in [-0.2, -0.15) is 0 Å². The second-order valence-electron chi connectivity index (χ2n) is 3.74. The van der Waals surface area contributed by atoms with Crippen LogP contribution < -0.4 is 16.6 Å². The van der Waals surface area contributed by atoms with Crippen molar-refractivity contribution in [2.45, 2.75) is 0 Å². The summed E-state index contributed by atoms with van der Waals surface area (Å²) in [5, 5.41) is 0. The van der Waals surface area contributed by atoms with Gasteiger partial charge in [0.1, 0.15) is 5.82 Å². The van der Waals surface area contributed by atoms with Crippen LogP contribution in [0.15, 0.2) is 41.3 Å². The van der Waals surface area contributed by atoms with Crippen LogP contribution in [0.2, 0.25) is 0 Å². The van der Waals surface area contributed by atoms with Crippen molar-refractivity contribution in [1.29, 1.82) is 0 Å². The number of nitrogens with two attached hydrogens (primary N) is 1. The van der Waals surface area contributed by atoms with Crippen LogP contribution in [-0.2, 0) is 0 Å². The van der Waals surface area contributed by atoms with Gasteiger partial charge in [-0.25, -0.2) is 4.98 Å². The molecule has 0 fully saturated rings. The van der Waals surface area contributed by atoms with Crippen LogP contribution in [-0.4, -0.2) is 21.8 Å². The number of amides is 2. The maximum atomic E-state index is 11.9. The highest BCUT2D eigenvalue weighted by Gasteiger charge is 2.13. The van der Waals surface area contributed by atoms with Crippen molar-refractivity contribution < 1.29 is 9.59 Å². The Morgan fingerprint density at radius 3 is 2.65 bits per heavy atom. The van der Waals surface area contributed by atoms with Gasteiger partial charge in [-0.15, -0.1) is 0 Å². The molecule has 102 valence electrons. The molecule has 0 spiro atoms. The standard InChI is InChI=1S/C12H10BrN5O2/c13-8-4-9(10(14)16-6-8)12(20)18-17-11(19)7-2-1-3-15-5-7/h1-6H,(H2,14,16)(H,17,19)(H,18,20). The lowest BCUT2D eigenvalue weighted by atomic mass is 10.2. The Morgan fingerprint density at radius 1 is 1.20 bits per heavy atom. The van der Waals surface area contributed by atoms with Gasteiger partial charge in [0.2, 0.25) is 0 Å². The Hall–Kier alpha value is -2.48. The maximum absolute atomic E-state index is 11.9. The predicted molar refractivity (Wildman–Crippen MR) is 75.5 cm³/mol. The largest absolute Gasteiger partial charge is 0.383 e. The predicted octanol–water partition coefficient (Wildman–Crippen LogP) is 0.896. The molecule has 7 nitrogen and oxygen atoms in total. The van der Waals surface area contributed by atoms with Gasteiger partial charge in [-0.1, -0.05) is 0 Å². The van der Waals surface area contributed by atoms with Crippen molar-refractivity contribution in [2.24, 2.45) is 0 Å². The highest BCUT2D eigenvalue weighted by atomic mass is 79.9. The summed E-state index contributed by atoms with van der Waals surface area (Å²) >= 11 is 3.19. The van der Waals surface area contributed by atoms with E-state index >= 15 is 0 Å². The Kier molecular flexibility index (Phi) is 4.26. The van der Waals surface area contributed by atoms with E-state index in [1.165, 1.54) is 18.5 Å². The third kappa shape index (κ3) is 3.29. The normalized spacial score (nSPS) is 9.85. The van der Waals surface area contributed by atoms with E-state index < -0.39 is 11.8 Å². The zero-order chi connectivity index (χ0) is 14.5. The fraction of sp³-hybridized carbons (Fsp3) is 0. The Bertz CT molecular complexity index is 648. The summed E-state index contributed by atoms with van der Waals surface area (Å²) in [6.45, 7) is 0. The minimum atomic E-state index is -0.562. The Morgan fingerprint density at radius 2 is 1.95 bits per heavy atom. The number of pyridine rings is 2. The van der Waals surface area contributed by atoms with Crippen molar-refractivity contribution in [3.63, 3.8) is 0 Å². The second-order valence-corrected chi connectivity index (χ2v) is 4.65. The van der Waals surface area contributed by atoms with Crippen molar-refractivity contribution in [3.8, 4) is 0 Å². The summed E-state index contributed by atoms with van der Waals surface area (Å²) in [5.41, 5.74) is 10.6. The van der Waals surface area contributed by atoms with Gasteiger partial charge in [-0.05, 0) is 34.1 Å². The first-order chi connectivity index (χ1) is 9.58. The zero-order valence-corrected chi connectivity index (χ0v) is 11.7. The van der Waals surface area contributed by atoms with Gasteiger partial charge >= 0.3 is 0 Å². The lowest BCUT2D eigenvalue weighted by Crippen LogP contribution is -2.42. The number of nitrogen functional groups attached to an aromatic ring is 1. The first kappa shape index (κ1) is 13.9. The summed E-state index contributed by atoms with van der Waals surface area (Å²) < 4.78 is 0.607. The Labute approximate surface area is 122 Å². The number of rotatable bonds is 2. The van der Waals surface area contributed by atoms with E-state index in [1.54, 1.807) is 18.3 Å². The number of carbonyl (C=O) groups is 2. The average Bonchev–Trinajstić information content (AvgIpc) is 2.47. The molecule has 0 aromatic carbocycles. The minimum Gasteiger partial charge on any atom is -0.383 e. The quantitative estimate of drug-likeness (QED) is 0.706. The van der Waals surface area contributed by atoms with E-state index in [0.717, 1.165) is 0 Å². The average molecular weight is 336 g/mol. The summed E-state index contributed by atoms with van der Waals surface area (Å²) in [6, 6.07) is 4.70. The first-order valence-corrected chi connectivity index (χ1v) is 6.29. The van der Waals surface area contributed by atoms with Crippen LogP contribution in [0.1, 0.15) is 20.7 Å². The molecule has 0 saturated carbocycles. The smallest absolute Gasteiger partial charge is 0.273 e. The SMILES string of the molecule is Nc1ncc(Br)cc1C(=O)NNC(=O)c1cccnc1. The monoisotopic (exact) mass is 335 g/mol. The highest BCUT2D eigenvalue weighted by Crippen LogP contribution is 2.14. The number of aromatic nitrogens is 2. The van der Waals surface area contributed by atoms with Crippen molar-refractivity contribution in [1.82, 2.24) is 20.8 Å². The molecule has 0 aliphatic heterocycles. The highest BCUT2D eigenvalue weighted by molar-refractivity contribution is 9.10. The molecule has 8 heteroatoms. The van der Waals surface area contributed by atoms with Gasteiger partial charge in [0.15, 0.2) is 0 Å². The van der Waals surface area contributed by atoms with E-state index in [1.807, 2.05) is 0 Å². The molecule has 2 rings (SSSR count). The van der Waals surface area contributed by atoms with E-state index in [0.29, 0.717) is 10.0 Å². The van der Waals surface area contributed by atoms with E-state index in [4.69, 9.17) is 5.73 Å². The number of nitrogens with zero attached hydrogens (tertiary/aromatic N) is 2. The molecule has 2 heterocycles. The molecule has 2 aromatic heterocycles. The minimum absolute atomic E-state index is 0.0707. The molecular weight excluding hydrogens is 326 g/mol. The van der Waals surface area contributed by atoms with Gasteiger partial charge in [0.25, 0.3) is 11.8 Å². The molecule has 2 aromatic rings. The van der Waals surface area contributed by atoms with Crippen molar-refractivity contribution in [2.75, 3.05) is 5.73 Å². The summed E-state index contributed by atoms with van der Waals surface area (Å²) in [6.07, 6.45) is 4.40. The third-order valence-electron chi connectivity index (χ3n) is 2.34. The summed E-state index contributed by atoms with van der Waals surface area (Å²) in [5.74, 6) is -0.970. The van der Waals surface area contributed by atoms with E-state index in [-0.39, 0.29) is 11.4 Å². The third-order valence-corrected chi connectivity index (χ3v) is 2.78. The van der Waals surface area contributed by atoms with Gasteiger partial charge in [-0.3, -0.25) is 25.4 Å². The van der Waals surface area contributed by atoms with E-state index in [9.17, 15) is 9.59 Å². The summed E-state index contributed by atoms with van der Waals surface area (Å²) in [7, 11) is 0. The summed E-state index contributed by atoms with van der Waals surface area (Å²) in [4.78, 5) is 31.2. The van der Waals surface area contributed by atoms with Crippen LogP contribution in [0.5, 0.6) is 0 Å². The number of hydrazine groups is 1. The lowest BCUT2D eigenvalue weighted by Gasteiger charge is -2.08. The number of hydrogen-bond acceptors (Lipinski definition) is 5. The maximum Gasteiger partial charge on any atom is 0.273 e. The first-order valence-electron chi connectivity index (χ1n) is 5.49. The molecule has 20 heavy (non-hydrogen) atoms. The number of halogens is 1. The van der Waals surface area contributed by atoms with Crippen LogP contribution in [0, 0.1) is 0 Å². The fourth-order valence-electron chi connectivity index (χ4n) is 1.38. The number of anilines is 1. The molecule has 0 bridgehead atoms. The topological polar surface area (TPSA) is 110 Å². The fourth-order valence-corrected chi connectivity index (χ4v) is 1.71. The van der Waals surface area contributed by atoms with Gasteiger partial charge < -0.3 is 5.73 Å². The molecule has 0 unspecified atom stereocenters. The molecule has 0 aliphatic rings. The molecule has 2 amide bonds. The molecule has 0 saturated heterocycles.